The smallest absolute Gasteiger partial charge is 0.292 e. The van der Waals surface area contributed by atoms with E-state index in [1.165, 1.54) is 6.07 Å². The Labute approximate surface area is 118 Å². The predicted octanol–water partition coefficient (Wildman–Crippen LogP) is 1.95. The summed E-state index contributed by atoms with van der Waals surface area (Å²) in [6, 6.07) is 4.88. The van der Waals surface area contributed by atoms with Gasteiger partial charge in [0, 0.05) is 26.3 Å². The van der Waals surface area contributed by atoms with Crippen LogP contribution in [0.4, 0.5) is 11.4 Å². The Morgan fingerprint density at radius 3 is 2.90 bits per heavy atom. The van der Waals surface area contributed by atoms with Gasteiger partial charge in [-0.1, -0.05) is 13.0 Å². The SMILES string of the molecule is COC1CN(c2ccc(CO)cc2[N+](=O)[O-])CCC1C. The molecule has 1 aliphatic heterocycles. The van der Waals surface area contributed by atoms with Crippen molar-refractivity contribution < 1.29 is 14.8 Å². The third-order valence-electron chi connectivity index (χ3n) is 3.95. The fourth-order valence-corrected chi connectivity index (χ4v) is 2.64. The number of nitro groups is 1. The number of nitrogens with zero attached hydrogens (tertiary/aromatic N) is 2. The van der Waals surface area contributed by atoms with E-state index in [4.69, 9.17) is 9.84 Å². The number of ether oxygens (including phenoxy) is 1. The molecule has 0 radical (unpaired) electrons. The van der Waals surface area contributed by atoms with E-state index in [1.807, 2.05) is 4.90 Å². The van der Waals surface area contributed by atoms with Crippen molar-refractivity contribution >= 4 is 11.4 Å². The fourth-order valence-electron chi connectivity index (χ4n) is 2.64. The third-order valence-corrected chi connectivity index (χ3v) is 3.95. The number of aliphatic hydroxyl groups is 1. The molecule has 0 bridgehead atoms. The summed E-state index contributed by atoms with van der Waals surface area (Å²) in [5.74, 6) is 0.451. The van der Waals surface area contributed by atoms with E-state index in [9.17, 15) is 10.1 Å². The Bertz CT molecular complexity index is 492. The van der Waals surface area contributed by atoms with Gasteiger partial charge in [0.25, 0.3) is 5.69 Å². The molecule has 0 aromatic heterocycles. The van der Waals surface area contributed by atoms with Crippen LogP contribution >= 0.6 is 0 Å². The van der Waals surface area contributed by atoms with E-state index in [1.54, 1.807) is 19.2 Å². The van der Waals surface area contributed by atoms with Crippen LogP contribution in [0.1, 0.15) is 18.9 Å². The van der Waals surface area contributed by atoms with Gasteiger partial charge in [0.05, 0.1) is 17.6 Å². The van der Waals surface area contributed by atoms with Gasteiger partial charge in [0.1, 0.15) is 5.69 Å². The lowest BCUT2D eigenvalue weighted by molar-refractivity contribution is -0.384. The lowest BCUT2D eigenvalue weighted by atomic mass is 9.95. The predicted molar refractivity (Wildman–Crippen MR) is 75.8 cm³/mol. The highest BCUT2D eigenvalue weighted by atomic mass is 16.6. The minimum absolute atomic E-state index is 0.0426. The van der Waals surface area contributed by atoms with Gasteiger partial charge < -0.3 is 14.7 Å². The monoisotopic (exact) mass is 280 g/mol. The Hall–Kier alpha value is -1.66. The van der Waals surface area contributed by atoms with Crippen molar-refractivity contribution in [1.82, 2.24) is 0 Å². The van der Waals surface area contributed by atoms with Gasteiger partial charge in [-0.2, -0.15) is 0 Å². The van der Waals surface area contributed by atoms with Gasteiger partial charge in [-0.25, -0.2) is 0 Å². The summed E-state index contributed by atoms with van der Waals surface area (Å²) in [5, 5.41) is 20.3. The summed E-state index contributed by atoms with van der Waals surface area (Å²) in [7, 11) is 1.67. The van der Waals surface area contributed by atoms with Crippen LogP contribution in [0.5, 0.6) is 0 Å². The Morgan fingerprint density at radius 1 is 1.55 bits per heavy atom. The van der Waals surface area contributed by atoms with E-state index in [0.717, 1.165) is 13.0 Å². The van der Waals surface area contributed by atoms with Crippen molar-refractivity contribution in [2.75, 3.05) is 25.1 Å². The molecule has 1 saturated heterocycles. The Morgan fingerprint density at radius 2 is 2.30 bits per heavy atom. The summed E-state index contributed by atoms with van der Waals surface area (Å²) in [5.41, 5.74) is 1.19. The topological polar surface area (TPSA) is 75.8 Å². The van der Waals surface area contributed by atoms with E-state index >= 15 is 0 Å². The summed E-state index contributed by atoms with van der Waals surface area (Å²) >= 11 is 0. The molecule has 1 aromatic rings. The van der Waals surface area contributed by atoms with Crippen molar-refractivity contribution in [3.05, 3.63) is 33.9 Å². The average Bonchev–Trinajstić information content (AvgIpc) is 2.47. The summed E-state index contributed by atoms with van der Waals surface area (Å²) < 4.78 is 5.45. The molecule has 6 nitrogen and oxygen atoms in total. The maximum Gasteiger partial charge on any atom is 0.292 e. The first kappa shape index (κ1) is 14.7. The zero-order valence-corrected chi connectivity index (χ0v) is 11.8. The minimum Gasteiger partial charge on any atom is -0.392 e. The van der Waals surface area contributed by atoms with Crippen LogP contribution in [-0.2, 0) is 11.3 Å². The number of anilines is 1. The van der Waals surface area contributed by atoms with Gasteiger partial charge in [-0.15, -0.1) is 0 Å². The molecule has 1 heterocycles. The molecule has 0 aliphatic carbocycles. The second-order valence-corrected chi connectivity index (χ2v) is 5.22. The largest absolute Gasteiger partial charge is 0.392 e. The lowest BCUT2D eigenvalue weighted by Gasteiger charge is -2.37. The molecule has 0 spiro atoms. The van der Waals surface area contributed by atoms with Crippen molar-refractivity contribution in [3.63, 3.8) is 0 Å². The molecule has 1 aromatic carbocycles. The number of rotatable bonds is 4. The van der Waals surface area contributed by atoms with Crippen molar-refractivity contribution in [2.45, 2.75) is 26.1 Å². The number of piperidine rings is 1. The second kappa shape index (κ2) is 6.19. The Balaban J connectivity index is 2.30. The number of aliphatic hydroxyl groups excluding tert-OH is 1. The summed E-state index contributed by atoms with van der Waals surface area (Å²) in [6.45, 7) is 3.37. The van der Waals surface area contributed by atoms with Crippen LogP contribution in [0.2, 0.25) is 0 Å². The Kier molecular flexibility index (Phi) is 4.57. The van der Waals surface area contributed by atoms with E-state index in [0.29, 0.717) is 23.7 Å². The minimum atomic E-state index is -0.395. The first-order valence-electron chi connectivity index (χ1n) is 6.72. The van der Waals surface area contributed by atoms with Gasteiger partial charge in [0.2, 0.25) is 0 Å². The molecule has 1 N–H and O–H groups in total. The molecule has 2 rings (SSSR count). The van der Waals surface area contributed by atoms with Crippen LogP contribution < -0.4 is 4.90 Å². The van der Waals surface area contributed by atoms with Gasteiger partial charge in [0.15, 0.2) is 0 Å². The van der Waals surface area contributed by atoms with E-state index < -0.39 is 4.92 Å². The molecule has 2 atom stereocenters. The van der Waals surface area contributed by atoms with Crippen LogP contribution in [0.25, 0.3) is 0 Å². The average molecular weight is 280 g/mol. The fraction of sp³-hybridized carbons (Fsp3) is 0.571. The molecule has 1 fully saturated rings. The normalized spacial score (nSPS) is 22.9. The van der Waals surface area contributed by atoms with E-state index in [2.05, 4.69) is 6.92 Å². The van der Waals surface area contributed by atoms with Crippen LogP contribution in [-0.4, -0.2) is 36.3 Å². The molecule has 0 saturated carbocycles. The lowest BCUT2D eigenvalue weighted by Crippen LogP contribution is -2.44. The van der Waals surface area contributed by atoms with Gasteiger partial charge >= 0.3 is 0 Å². The highest BCUT2D eigenvalue weighted by Gasteiger charge is 2.29. The second-order valence-electron chi connectivity index (χ2n) is 5.22. The number of hydrogen-bond donors (Lipinski definition) is 1. The first-order chi connectivity index (χ1) is 9.56. The number of nitro benzene ring substituents is 1. The quantitative estimate of drug-likeness (QED) is 0.674. The summed E-state index contributed by atoms with van der Waals surface area (Å²) in [4.78, 5) is 12.8. The molecular formula is C14H20N2O4. The molecular weight excluding hydrogens is 260 g/mol. The standard InChI is InChI=1S/C14H20N2O4/c1-10-5-6-15(8-14(10)20-2)12-4-3-11(9-17)7-13(12)16(18)19/h3-4,7,10,14,17H,5-6,8-9H2,1-2H3. The maximum absolute atomic E-state index is 11.2. The van der Waals surface area contributed by atoms with Crippen LogP contribution in [0.15, 0.2) is 18.2 Å². The van der Waals surface area contributed by atoms with Gasteiger partial charge in [-0.05, 0) is 24.0 Å². The maximum atomic E-state index is 11.2. The van der Waals surface area contributed by atoms with E-state index in [-0.39, 0.29) is 18.4 Å². The number of methoxy groups -OCH3 is 1. The molecule has 110 valence electrons. The zero-order valence-electron chi connectivity index (χ0n) is 11.8. The molecule has 0 amide bonds. The van der Waals surface area contributed by atoms with Crippen molar-refractivity contribution in [3.8, 4) is 0 Å². The van der Waals surface area contributed by atoms with Gasteiger partial charge in [-0.3, -0.25) is 10.1 Å². The number of benzene rings is 1. The zero-order chi connectivity index (χ0) is 14.7. The summed E-state index contributed by atoms with van der Waals surface area (Å²) in [6.07, 6.45) is 1.03. The molecule has 20 heavy (non-hydrogen) atoms. The number of hydrogen-bond acceptors (Lipinski definition) is 5. The molecule has 2 unspecified atom stereocenters. The highest BCUT2D eigenvalue weighted by Crippen LogP contribution is 2.32. The van der Waals surface area contributed by atoms with Crippen molar-refractivity contribution in [2.24, 2.45) is 5.92 Å². The third kappa shape index (κ3) is 2.91. The molecule has 6 heteroatoms. The van der Waals surface area contributed by atoms with Crippen LogP contribution in [0.3, 0.4) is 0 Å². The molecule has 1 aliphatic rings. The van der Waals surface area contributed by atoms with Crippen LogP contribution in [0, 0.1) is 16.0 Å². The van der Waals surface area contributed by atoms with Crippen molar-refractivity contribution in [1.29, 1.82) is 0 Å². The first-order valence-corrected chi connectivity index (χ1v) is 6.72. The highest BCUT2D eigenvalue weighted by molar-refractivity contribution is 5.64.